The summed E-state index contributed by atoms with van der Waals surface area (Å²) in [5.74, 6) is 2.95. The Hall–Kier alpha value is -1.06. The Labute approximate surface area is 140 Å². The van der Waals surface area contributed by atoms with Gasteiger partial charge in [-0.25, -0.2) is 0 Å². The van der Waals surface area contributed by atoms with Crippen LogP contribution in [0.5, 0.6) is 5.75 Å². The van der Waals surface area contributed by atoms with E-state index in [1.54, 1.807) is 7.11 Å². The first-order valence-electron chi connectivity index (χ1n) is 9.36. The molecule has 1 heterocycles. The highest BCUT2D eigenvalue weighted by Crippen LogP contribution is 2.45. The lowest BCUT2D eigenvalue weighted by atomic mass is 9.78. The SMILES string of the molecule is COc1ccccc1C1(N)CCN(C2CCC3CCC2C3)CC1. The van der Waals surface area contributed by atoms with Crippen molar-refractivity contribution >= 4 is 0 Å². The van der Waals surface area contributed by atoms with Gasteiger partial charge in [-0.2, -0.15) is 0 Å². The number of hydrogen-bond donors (Lipinski definition) is 1. The molecule has 3 atom stereocenters. The van der Waals surface area contributed by atoms with Crippen molar-refractivity contribution in [2.75, 3.05) is 20.2 Å². The predicted octanol–water partition coefficient (Wildman–Crippen LogP) is 3.52. The van der Waals surface area contributed by atoms with E-state index in [1.165, 1.54) is 37.7 Å². The number of ether oxygens (including phenoxy) is 1. The maximum Gasteiger partial charge on any atom is 0.123 e. The number of benzene rings is 1. The summed E-state index contributed by atoms with van der Waals surface area (Å²) in [4.78, 5) is 2.76. The molecule has 126 valence electrons. The zero-order valence-electron chi connectivity index (χ0n) is 14.3. The standard InChI is InChI=1S/C20H30N2O/c1-23-19-5-3-2-4-17(19)20(21)10-12-22(13-11-20)18-9-7-15-6-8-16(18)14-15/h2-5,15-16,18H,6-14,21H2,1H3. The van der Waals surface area contributed by atoms with Crippen LogP contribution in [-0.2, 0) is 5.54 Å². The monoisotopic (exact) mass is 314 g/mol. The van der Waals surface area contributed by atoms with Gasteiger partial charge in [0.25, 0.3) is 0 Å². The number of para-hydroxylation sites is 1. The summed E-state index contributed by atoms with van der Waals surface area (Å²) in [7, 11) is 1.75. The fourth-order valence-electron chi connectivity index (χ4n) is 5.43. The molecule has 3 heteroatoms. The first-order chi connectivity index (χ1) is 11.2. The molecule has 0 aromatic heterocycles. The molecule has 2 saturated carbocycles. The van der Waals surface area contributed by atoms with E-state index in [0.29, 0.717) is 0 Å². The molecule has 1 saturated heterocycles. The summed E-state index contributed by atoms with van der Waals surface area (Å²) in [6, 6.07) is 9.13. The summed E-state index contributed by atoms with van der Waals surface area (Å²) in [6.07, 6.45) is 9.39. The number of fused-ring (bicyclic) bond motifs is 2. The number of rotatable bonds is 3. The van der Waals surface area contributed by atoms with Crippen molar-refractivity contribution in [3.05, 3.63) is 29.8 Å². The van der Waals surface area contributed by atoms with Crippen LogP contribution in [-0.4, -0.2) is 31.1 Å². The van der Waals surface area contributed by atoms with Crippen molar-refractivity contribution in [1.82, 2.24) is 4.90 Å². The molecule has 2 bridgehead atoms. The molecular formula is C20H30N2O. The molecule has 0 spiro atoms. The molecule has 23 heavy (non-hydrogen) atoms. The molecule has 2 aliphatic carbocycles. The van der Waals surface area contributed by atoms with Crippen LogP contribution < -0.4 is 10.5 Å². The van der Waals surface area contributed by atoms with Gasteiger partial charge in [0.05, 0.1) is 7.11 Å². The van der Waals surface area contributed by atoms with Gasteiger partial charge in [-0.1, -0.05) is 24.6 Å². The van der Waals surface area contributed by atoms with Gasteiger partial charge in [0.15, 0.2) is 0 Å². The molecular weight excluding hydrogens is 284 g/mol. The van der Waals surface area contributed by atoms with E-state index in [4.69, 9.17) is 10.5 Å². The second-order valence-electron chi connectivity index (χ2n) is 7.98. The fraction of sp³-hybridized carbons (Fsp3) is 0.700. The number of piperidine rings is 1. The van der Waals surface area contributed by atoms with Gasteiger partial charge < -0.3 is 10.5 Å². The highest BCUT2D eigenvalue weighted by atomic mass is 16.5. The molecule has 2 N–H and O–H groups in total. The van der Waals surface area contributed by atoms with Crippen LogP contribution in [0.25, 0.3) is 0 Å². The van der Waals surface area contributed by atoms with Crippen molar-refractivity contribution in [2.45, 2.75) is 56.5 Å². The van der Waals surface area contributed by atoms with Gasteiger partial charge in [-0.05, 0) is 56.4 Å². The topological polar surface area (TPSA) is 38.5 Å². The minimum atomic E-state index is -0.226. The highest BCUT2D eigenvalue weighted by Gasteiger charge is 2.42. The Kier molecular flexibility index (Phi) is 4.10. The number of likely N-dealkylation sites (tertiary alicyclic amines) is 1. The Morgan fingerprint density at radius 1 is 1.09 bits per heavy atom. The predicted molar refractivity (Wildman–Crippen MR) is 93.5 cm³/mol. The van der Waals surface area contributed by atoms with Gasteiger partial charge in [0, 0.05) is 30.2 Å². The average molecular weight is 314 g/mol. The molecule has 3 nitrogen and oxygen atoms in total. The van der Waals surface area contributed by atoms with Crippen LogP contribution in [0.4, 0.5) is 0 Å². The average Bonchev–Trinajstić information content (AvgIpc) is 2.97. The summed E-state index contributed by atoms with van der Waals surface area (Å²) < 4.78 is 5.55. The number of hydrogen-bond acceptors (Lipinski definition) is 3. The van der Waals surface area contributed by atoms with Crippen molar-refractivity contribution in [3.8, 4) is 5.75 Å². The Bertz CT molecular complexity index is 550. The maximum atomic E-state index is 6.82. The van der Waals surface area contributed by atoms with Crippen LogP contribution in [0.3, 0.4) is 0 Å². The summed E-state index contributed by atoms with van der Waals surface area (Å²) in [5, 5.41) is 0. The first-order valence-corrected chi connectivity index (χ1v) is 9.36. The van der Waals surface area contributed by atoms with Gasteiger partial charge in [-0.3, -0.25) is 4.90 Å². The number of nitrogens with zero attached hydrogens (tertiary/aromatic N) is 1. The molecule has 1 aliphatic heterocycles. The highest BCUT2D eigenvalue weighted by molar-refractivity contribution is 5.39. The quantitative estimate of drug-likeness (QED) is 0.927. The van der Waals surface area contributed by atoms with Crippen LogP contribution in [0, 0.1) is 11.8 Å². The minimum Gasteiger partial charge on any atom is -0.496 e. The van der Waals surface area contributed by atoms with Gasteiger partial charge in [0.1, 0.15) is 5.75 Å². The summed E-state index contributed by atoms with van der Waals surface area (Å²) in [5.41, 5.74) is 7.78. The van der Waals surface area contributed by atoms with Crippen molar-refractivity contribution in [2.24, 2.45) is 17.6 Å². The van der Waals surface area contributed by atoms with Crippen LogP contribution in [0.1, 0.15) is 50.5 Å². The van der Waals surface area contributed by atoms with E-state index < -0.39 is 0 Å². The second kappa shape index (κ2) is 6.10. The third-order valence-electron chi connectivity index (χ3n) is 6.80. The summed E-state index contributed by atoms with van der Waals surface area (Å²) >= 11 is 0. The lowest BCUT2D eigenvalue weighted by Crippen LogP contribution is -2.53. The maximum absolute atomic E-state index is 6.82. The molecule has 0 amide bonds. The van der Waals surface area contributed by atoms with E-state index in [1.807, 2.05) is 12.1 Å². The Balaban J connectivity index is 1.46. The third-order valence-corrected chi connectivity index (χ3v) is 6.80. The van der Waals surface area contributed by atoms with Crippen molar-refractivity contribution in [3.63, 3.8) is 0 Å². The van der Waals surface area contributed by atoms with Gasteiger partial charge >= 0.3 is 0 Å². The lowest BCUT2D eigenvalue weighted by molar-refractivity contribution is 0.0632. The van der Waals surface area contributed by atoms with Crippen LogP contribution >= 0.6 is 0 Å². The normalized spacial score (nSPS) is 33.6. The fourth-order valence-corrected chi connectivity index (χ4v) is 5.43. The molecule has 3 unspecified atom stereocenters. The van der Waals surface area contributed by atoms with Gasteiger partial charge in [0.2, 0.25) is 0 Å². The molecule has 1 aromatic rings. The van der Waals surface area contributed by atoms with Crippen molar-refractivity contribution in [1.29, 1.82) is 0 Å². The molecule has 4 rings (SSSR count). The van der Waals surface area contributed by atoms with E-state index in [-0.39, 0.29) is 5.54 Å². The number of nitrogens with two attached hydrogens (primary N) is 1. The Morgan fingerprint density at radius 2 is 1.83 bits per heavy atom. The van der Waals surface area contributed by atoms with E-state index >= 15 is 0 Å². The molecule has 0 radical (unpaired) electrons. The minimum absolute atomic E-state index is 0.226. The van der Waals surface area contributed by atoms with Gasteiger partial charge in [-0.15, -0.1) is 0 Å². The van der Waals surface area contributed by atoms with E-state index in [0.717, 1.165) is 49.6 Å². The lowest BCUT2D eigenvalue weighted by Gasteiger charge is -2.46. The van der Waals surface area contributed by atoms with Crippen molar-refractivity contribution < 1.29 is 4.74 Å². The van der Waals surface area contributed by atoms with E-state index in [2.05, 4.69) is 17.0 Å². The first kappa shape index (κ1) is 15.5. The Morgan fingerprint density at radius 3 is 2.61 bits per heavy atom. The van der Waals surface area contributed by atoms with Crippen LogP contribution in [0.2, 0.25) is 0 Å². The molecule has 1 aromatic carbocycles. The zero-order chi connectivity index (χ0) is 15.9. The summed E-state index contributed by atoms with van der Waals surface area (Å²) in [6.45, 7) is 2.28. The largest absolute Gasteiger partial charge is 0.496 e. The van der Waals surface area contributed by atoms with E-state index in [9.17, 15) is 0 Å². The smallest absolute Gasteiger partial charge is 0.123 e. The molecule has 3 aliphatic rings. The molecule has 3 fully saturated rings. The van der Waals surface area contributed by atoms with Crippen LogP contribution in [0.15, 0.2) is 24.3 Å². The third kappa shape index (κ3) is 2.78. The number of methoxy groups -OCH3 is 1. The zero-order valence-corrected chi connectivity index (χ0v) is 14.3. The second-order valence-corrected chi connectivity index (χ2v) is 7.98.